The third kappa shape index (κ3) is 4.53. The summed E-state index contributed by atoms with van der Waals surface area (Å²) in [5.41, 5.74) is 1.57. The molecule has 0 fully saturated rings. The summed E-state index contributed by atoms with van der Waals surface area (Å²) in [6.45, 7) is 0.716. The van der Waals surface area contributed by atoms with Crippen LogP contribution in [0.2, 0.25) is 0 Å². The van der Waals surface area contributed by atoms with E-state index in [1.807, 2.05) is 42.3 Å². The van der Waals surface area contributed by atoms with Crippen LogP contribution < -0.4 is 0 Å². The Kier molecular flexibility index (Phi) is 5.63. The predicted molar refractivity (Wildman–Crippen MR) is 73.6 cm³/mol. The van der Waals surface area contributed by atoms with E-state index in [4.69, 9.17) is 5.41 Å². The Balaban J connectivity index is 2.70. The van der Waals surface area contributed by atoms with Crippen LogP contribution in [0.4, 0.5) is 0 Å². The highest BCUT2D eigenvalue weighted by Gasteiger charge is 2.06. The summed E-state index contributed by atoms with van der Waals surface area (Å²) in [7, 11) is 1.89. The largest absolute Gasteiger partial charge is 0.375 e. The fourth-order valence-electron chi connectivity index (χ4n) is 1.42. The molecule has 0 aliphatic rings. The van der Waals surface area contributed by atoms with Gasteiger partial charge < -0.3 is 10.3 Å². The van der Waals surface area contributed by atoms with Crippen LogP contribution in [0, 0.1) is 5.41 Å². The number of nitrogens with one attached hydrogen (secondary N) is 1. The maximum absolute atomic E-state index is 11.4. The lowest BCUT2D eigenvalue weighted by Gasteiger charge is -2.15. The van der Waals surface area contributed by atoms with Gasteiger partial charge in [-0.25, -0.2) is 0 Å². The minimum absolute atomic E-state index is 0.0834. The van der Waals surface area contributed by atoms with Gasteiger partial charge in [-0.1, -0.05) is 46.3 Å². The van der Waals surface area contributed by atoms with Gasteiger partial charge in [-0.2, -0.15) is 0 Å². The van der Waals surface area contributed by atoms with Gasteiger partial charge in [-0.15, -0.1) is 0 Å². The number of Topliss-reactive ketones (excluding diaryl/α,β-unsaturated/α-hetero) is 1. The second-order valence-electron chi connectivity index (χ2n) is 3.69. The second kappa shape index (κ2) is 7.01. The highest BCUT2D eigenvalue weighted by atomic mass is 79.9. The molecule has 90 valence electrons. The lowest BCUT2D eigenvalue weighted by atomic mass is 10.2. The van der Waals surface area contributed by atoms with Gasteiger partial charge in [0.15, 0.2) is 5.78 Å². The highest BCUT2D eigenvalue weighted by molar-refractivity contribution is 9.09. The number of carbonyl (C=O) groups excluding carboxylic acids is 1. The minimum Gasteiger partial charge on any atom is -0.375 e. The van der Waals surface area contributed by atoms with Crippen molar-refractivity contribution in [1.29, 1.82) is 5.41 Å². The third-order valence-corrected chi connectivity index (χ3v) is 2.74. The van der Waals surface area contributed by atoms with Crippen molar-refractivity contribution in [3.8, 4) is 0 Å². The number of carbonyl (C=O) groups is 1. The molecule has 3 nitrogen and oxygen atoms in total. The van der Waals surface area contributed by atoms with Gasteiger partial charge in [0.25, 0.3) is 0 Å². The molecule has 0 spiro atoms. The molecule has 1 aromatic carbocycles. The standard InChI is InChI=1S/C13H15BrN2O/c1-16(9-11-5-3-2-4-6-11)10-12(8-15)13(17)7-14/h2-6,8,10,15H,7,9H2,1H3/b12-10+,15-8?. The van der Waals surface area contributed by atoms with E-state index in [0.717, 1.165) is 6.21 Å². The van der Waals surface area contributed by atoms with Crippen molar-refractivity contribution in [2.24, 2.45) is 0 Å². The van der Waals surface area contributed by atoms with Gasteiger partial charge >= 0.3 is 0 Å². The van der Waals surface area contributed by atoms with Crippen molar-refractivity contribution in [2.75, 3.05) is 12.4 Å². The van der Waals surface area contributed by atoms with E-state index in [0.29, 0.717) is 12.1 Å². The summed E-state index contributed by atoms with van der Waals surface area (Å²) in [4.78, 5) is 13.3. The van der Waals surface area contributed by atoms with E-state index in [1.54, 1.807) is 6.20 Å². The maximum Gasteiger partial charge on any atom is 0.176 e. The van der Waals surface area contributed by atoms with E-state index in [1.165, 1.54) is 5.56 Å². The number of hydrogen-bond donors (Lipinski definition) is 1. The Bertz CT molecular complexity index is 415. The number of rotatable bonds is 6. The average Bonchev–Trinajstić information content (AvgIpc) is 2.36. The monoisotopic (exact) mass is 294 g/mol. The molecule has 17 heavy (non-hydrogen) atoms. The predicted octanol–water partition coefficient (Wildman–Crippen LogP) is 2.62. The zero-order valence-electron chi connectivity index (χ0n) is 9.69. The first kappa shape index (κ1) is 13.6. The van der Waals surface area contributed by atoms with E-state index in [2.05, 4.69) is 15.9 Å². The number of ketones is 1. The molecule has 0 saturated carbocycles. The topological polar surface area (TPSA) is 44.2 Å². The third-order valence-electron chi connectivity index (χ3n) is 2.23. The average molecular weight is 295 g/mol. The first-order valence-corrected chi connectivity index (χ1v) is 6.35. The second-order valence-corrected chi connectivity index (χ2v) is 4.25. The molecule has 0 bridgehead atoms. The summed E-state index contributed by atoms with van der Waals surface area (Å²) in [6, 6.07) is 9.99. The van der Waals surface area contributed by atoms with Crippen molar-refractivity contribution >= 4 is 27.9 Å². The fourth-order valence-corrected chi connectivity index (χ4v) is 1.75. The molecule has 0 amide bonds. The van der Waals surface area contributed by atoms with Gasteiger partial charge in [0.1, 0.15) is 0 Å². The van der Waals surface area contributed by atoms with Crippen LogP contribution in [0.1, 0.15) is 5.56 Å². The molecule has 0 aliphatic heterocycles. The highest BCUT2D eigenvalue weighted by Crippen LogP contribution is 2.05. The normalized spacial score (nSPS) is 11.1. The molecule has 4 heteroatoms. The van der Waals surface area contributed by atoms with Gasteiger partial charge in [0.05, 0.1) is 10.9 Å². The van der Waals surface area contributed by atoms with Gasteiger partial charge in [-0.3, -0.25) is 4.79 Å². The summed E-state index contributed by atoms with van der Waals surface area (Å²) >= 11 is 3.10. The van der Waals surface area contributed by atoms with Crippen LogP contribution >= 0.6 is 15.9 Å². The van der Waals surface area contributed by atoms with Crippen molar-refractivity contribution in [1.82, 2.24) is 4.90 Å². The number of halogens is 1. The number of nitrogens with zero attached hydrogens (tertiary/aromatic N) is 1. The molecule has 0 atom stereocenters. The maximum atomic E-state index is 11.4. The summed E-state index contributed by atoms with van der Waals surface area (Å²) in [5, 5.41) is 7.45. The molecule has 0 saturated heterocycles. The van der Waals surface area contributed by atoms with Crippen LogP contribution in [0.25, 0.3) is 0 Å². The molecular formula is C13H15BrN2O. The molecular weight excluding hydrogens is 280 g/mol. The van der Waals surface area contributed by atoms with Crippen LogP contribution in [0.5, 0.6) is 0 Å². The molecule has 0 aromatic heterocycles. The lowest BCUT2D eigenvalue weighted by molar-refractivity contribution is -0.112. The summed E-state index contributed by atoms with van der Waals surface area (Å²) in [5.74, 6) is -0.0834. The quantitative estimate of drug-likeness (QED) is 0.498. The zero-order chi connectivity index (χ0) is 12.7. The minimum atomic E-state index is -0.0834. The molecule has 0 aliphatic carbocycles. The van der Waals surface area contributed by atoms with E-state index < -0.39 is 0 Å². The number of hydrogen-bond acceptors (Lipinski definition) is 3. The van der Waals surface area contributed by atoms with E-state index in [-0.39, 0.29) is 11.1 Å². The molecule has 0 heterocycles. The van der Waals surface area contributed by atoms with Crippen LogP contribution in [-0.4, -0.2) is 29.3 Å². The summed E-state index contributed by atoms with van der Waals surface area (Å²) in [6.07, 6.45) is 2.79. The van der Waals surface area contributed by atoms with Crippen LogP contribution in [0.15, 0.2) is 42.1 Å². The number of allylic oxidation sites excluding steroid dienone is 1. The van der Waals surface area contributed by atoms with E-state index >= 15 is 0 Å². The Hall–Kier alpha value is -1.42. The Labute approximate surface area is 110 Å². The smallest absolute Gasteiger partial charge is 0.176 e. The number of alkyl halides is 1. The van der Waals surface area contributed by atoms with Crippen LogP contribution in [0.3, 0.4) is 0 Å². The lowest BCUT2D eigenvalue weighted by Crippen LogP contribution is -2.15. The van der Waals surface area contributed by atoms with Crippen molar-refractivity contribution in [3.05, 3.63) is 47.7 Å². The molecule has 0 unspecified atom stereocenters. The van der Waals surface area contributed by atoms with Crippen molar-refractivity contribution in [3.63, 3.8) is 0 Å². The van der Waals surface area contributed by atoms with E-state index in [9.17, 15) is 4.79 Å². The molecule has 1 aromatic rings. The molecule has 0 radical (unpaired) electrons. The SMILES string of the molecule is CN(/C=C(\C=N)C(=O)CBr)Cc1ccccc1. The van der Waals surface area contributed by atoms with Gasteiger partial charge in [-0.05, 0) is 5.56 Å². The van der Waals surface area contributed by atoms with Crippen molar-refractivity contribution in [2.45, 2.75) is 6.54 Å². The first-order valence-electron chi connectivity index (χ1n) is 5.23. The summed E-state index contributed by atoms with van der Waals surface area (Å²) < 4.78 is 0. The van der Waals surface area contributed by atoms with Crippen LogP contribution in [-0.2, 0) is 11.3 Å². The zero-order valence-corrected chi connectivity index (χ0v) is 11.3. The van der Waals surface area contributed by atoms with Crippen molar-refractivity contribution < 1.29 is 4.79 Å². The Morgan fingerprint density at radius 1 is 1.41 bits per heavy atom. The number of benzene rings is 1. The molecule has 1 rings (SSSR count). The molecule has 1 N–H and O–H groups in total. The van der Waals surface area contributed by atoms with Gasteiger partial charge in [0, 0.05) is 26.0 Å². The van der Waals surface area contributed by atoms with Gasteiger partial charge in [0.2, 0.25) is 0 Å². The Morgan fingerprint density at radius 3 is 2.59 bits per heavy atom. The first-order chi connectivity index (χ1) is 8.17. The fraction of sp³-hybridized carbons (Fsp3) is 0.231. The Morgan fingerprint density at radius 2 is 2.06 bits per heavy atom.